The Morgan fingerprint density at radius 1 is 1.04 bits per heavy atom. The number of imide groups is 1. The van der Waals surface area contributed by atoms with Gasteiger partial charge in [0.25, 0.3) is 11.1 Å². The van der Waals surface area contributed by atoms with Crippen molar-refractivity contribution in [1.82, 2.24) is 9.47 Å². The van der Waals surface area contributed by atoms with Crippen LogP contribution in [0.1, 0.15) is 33.6 Å². The van der Waals surface area contributed by atoms with Gasteiger partial charge in [0, 0.05) is 18.5 Å². The number of hydrogen-bond acceptors (Lipinski definition) is 4. The zero-order chi connectivity index (χ0) is 20.6. The first-order valence-electron chi connectivity index (χ1n) is 9.26. The van der Waals surface area contributed by atoms with Gasteiger partial charge in [-0.3, -0.25) is 14.5 Å². The van der Waals surface area contributed by atoms with Crippen molar-refractivity contribution in [2.24, 2.45) is 0 Å². The fourth-order valence-electron chi connectivity index (χ4n) is 3.82. The van der Waals surface area contributed by atoms with Gasteiger partial charge in [0.15, 0.2) is 0 Å². The van der Waals surface area contributed by atoms with E-state index in [4.69, 9.17) is 4.74 Å². The number of aromatic nitrogens is 1. The van der Waals surface area contributed by atoms with Crippen LogP contribution in [0.15, 0.2) is 23.1 Å². The van der Waals surface area contributed by atoms with E-state index in [1.165, 1.54) is 27.3 Å². The number of methoxy groups -OCH3 is 1. The van der Waals surface area contributed by atoms with Crippen molar-refractivity contribution in [2.45, 2.75) is 34.6 Å². The summed E-state index contributed by atoms with van der Waals surface area (Å²) >= 11 is 0.989. The quantitative estimate of drug-likeness (QED) is 0.685. The van der Waals surface area contributed by atoms with Crippen LogP contribution < -0.4 is 0 Å². The molecule has 2 amide bonds. The molecule has 0 atom stereocenters. The smallest absolute Gasteiger partial charge is 0.293 e. The largest absolute Gasteiger partial charge is 0.383 e. The molecule has 2 heterocycles. The molecule has 6 heteroatoms. The molecule has 148 valence electrons. The van der Waals surface area contributed by atoms with Crippen molar-refractivity contribution in [3.05, 3.63) is 56.7 Å². The van der Waals surface area contributed by atoms with Crippen molar-refractivity contribution in [3.63, 3.8) is 0 Å². The minimum Gasteiger partial charge on any atom is -0.383 e. The van der Waals surface area contributed by atoms with Crippen LogP contribution in [0.5, 0.6) is 0 Å². The Bertz CT molecular complexity index is 965. The van der Waals surface area contributed by atoms with Gasteiger partial charge in [0.05, 0.1) is 23.7 Å². The number of carbonyl (C=O) groups excluding carboxylic acids is 2. The van der Waals surface area contributed by atoms with E-state index in [2.05, 4.69) is 50.5 Å². The van der Waals surface area contributed by atoms with Crippen molar-refractivity contribution in [3.8, 4) is 5.69 Å². The van der Waals surface area contributed by atoms with Crippen LogP contribution in [-0.2, 0) is 9.53 Å². The van der Waals surface area contributed by atoms with Gasteiger partial charge in [0.1, 0.15) is 0 Å². The standard InChI is InChI=1S/C22H26N2O3S/c1-13-9-14(2)20(15(3)10-13)24-16(4)11-18(17(24)5)12-19-21(25)23(7-8-27-6)22(26)28-19/h9-12H,7-8H2,1-6H3/b19-12+. The molecular weight excluding hydrogens is 372 g/mol. The van der Waals surface area contributed by atoms with Crippen molar-refractivity contribution >= 4 is 29.0 Å². The first-order chi connectivity index (χ1) is 13.2. The molecule has 1 aromatic carbocycles. The fourth-order valence-corrected chi connectivity index (χ4v) is 4.68. The first-order valence-corrected chi connectivity index (χ1v) is 10.1. The van der Waals surface area contributed by atoms with E-state index < -0.39 is 0 Å². The molecule has 2 aromatic rings. The molecule has 0 radical (unpaired) electrons. The molecule has 1 fully saturated rings. The highest BCUT2D eigenvalue weighted by Crippen LogP contribution is 2.34. The number of benzene rings is 1. The van der Waals surface area contributed by atoms with Crippen LogP contribution in [0, 0.1) is 34.6 Å². The molecule has 1 saturated heterocycles. The van der Waals surface area contributed by atoms with E-state index in [9.17, 15) is 9.59 Å². The van der Waals surface area contributed by atoms with Crippen LogP contribution in [-0.4, -0.2) is 40.9 Å². The third kappa shape index (κ3) is 3.66. The van der Waals surface area contributed by atoms with E-state index in [0.717, 1.165) is 28.7 Å². The summed E-state index contributed by atoms with van der Waals surface area (Å²) in [6, 6.07) is 6.43. The number of amides is 2. The predicted octanol–water partition coefficient (Wildman–Crippen LogP) is 4.70. The average molecular weight is 399 g/mol. The summed E-state index contributed by atoms with van der Waals surface area (Å²) in [5.41, 5.74) is 7.94. The van der Waals surface area contributed by atoms with E-state index in [1.54, 1.807) is 7.11 Å². The van der Waals surface area contributed by atoms with Crippen molar-refractivity contribution < 1.29 is 14.3 Å². The first kappa shape index (κ1) is 20.4. The van der Waals surface area contributed by atoms with E-state index in [1.807, 2.05) is 13.0 Å². The highest BCUT2D eigenvalue weighted by Gasteiger charge is 2.34. The van der Waals surface area contributed by atoms with Gasteiger partial charge in [0.2, 0.25) is 0 Å². The SMILES string of the molecule is COCCN1C(=O)S/C(=C/c2cc(C)n(-c3c(C)cc(C)cc3C)c2C)C1=O. The van der Waals surface area contributed by atoms with Crippen LogP contribution in [0.3, 0.4) is 0 Å². The van der Waals surface area contributed by atoms with Crippen LogP contribution in [0.4, 0.5) is 4.79 Å². The molecule has 0 unspecified atom stereocenters. The maximum Gasteiger partial charge on any atom is 0.293 e. The molecule has 5 nitrogen and oxygen atoms in total. The number of rotatable bonds is 5. The Morgan fingerprint density at radius 2 is 1.68 bits per heavy atom. The monoisotopic (exact) mass is 398 g/mol. The summed E-state index contributed by atoms with van der Waals surface area (Å²) in [5, 5.41) is -0.243. The zero-order valence-electron chi connectivity index (χ0n) is 17.3. The van der Waals surface area contributed by atoms with Crippen molar-refractivity contribution in [1.29, 1.82) is 0 Å². The number of nitrogens with zero attached hydrogens (tertiary/aromatic N) is 2. The summed E-state index contributed by atoms with van der Waals surface area (Å²) in [6.45, 7) is 11.1. The Balaban J connectivity index is 2.01. The van der Waals surface area contributed by atoms with Crippen LogP contribution in [0.25, 0.3) is 11.8 Å². The Morgan fingerprint density at radius 3 is 2.29 bits per heavy atom. The summed E-state index contributed by atoms with van der Waals surface area (Å²) in [7, 11) is 1.55. The Kier molecular flexibility index (Phi) is 5.82. The molecule has 0 spiro atoms. The zero-order valence-corrected chi connectivity index (χ0v) is 18.1. The van der Waals surface area contributed by atoms with Gasteiger partial charge in [-0.05, 0) is 75.2 Å². The number of carbonyl (C=O) groups is 2. The molecule has 0 N–H and O–H groups in total. The van der Waals surface area contributed by atoms with Gasteiger partial charge in [-0.15, -0.1) is 0 Å². The second-order valence-corrected chi connectivity index (χ2v) is 8.23. The predicted molar refractivity (Wildman–Crippen MR) is 114 cm³/mol. The van der Waals surface area contributed by atoms with E-state index >= 15 is 0 Å². The van der Waals surface area contributed by atoms with Gasteiger partial charge in [-0.2, -0.15) is 0 Å². The number of ether oxygens (including phenoxy) is 1. The second kappa shape index (κ2) is 7.97. The number of aryl methyl sites for hydroxylation is 4. The lowest BCUT2D eigenvalue weighted by atomic mass is 10.0. The molecule has 0 bridgehead atoms. The molecule has 3 rings (SSSR count). The summed E-state index contributed by atoms with van der Waals surface area (Å²) in [5.74, 6) is -0.250. The molecule has 28 heavy (non-hydrogen) atoms. The third-order valence-electron chi connectivity index (χ3n) is 5.01. The van der Waals surface area contributed by atoms with Gasteiger partial charge in [-0.25, -0.2) is 0 Å². The van der Waals surface area contributed by atoms with Crippen molar-refractivity contribution in [2.75, 3.05) is 20.3 Å². The van der Waals surface area contributed by atoms with E-state index in [0.29, 0.717) is 11.5 Å². The molecular formula is C22H26N2O3S. The number of hydrogen-bond donors (Lipinski definition) is 0. The highest BCUT2D eigenvalue weighted by atomic mass is 32.2. The molecule has 0 saturated carbocycles. The van der Waals surface area contributed by atoms with Crippen LogP contribution in [0.2, 0.25) is 0 Å². The van der Waals surface area contributed by atoms with Crippen LogP contribution >= 0.6 is 11.8 Å². The lowest BCUT2D eigenvalue weighted by Crippen LogP contribution is -2.31. The summed E-state index contributed by atoms with van der Waals surface area (Å²) in [6.07, 6.45) is 1.83. The third-order valence-corrected chi connectivity index (χ3v) is 5.92. The topological polar surface area (TPSA) is 51.5 Å². The average Bonchev–Trinajstić information content (AvgIpc) is 3.03. The normalized spacial score (nSPS) is 15.9. The Hall–Kier alpha value is -2.31. The summed E-state index contributed by atoms with van der Waals surface area (Å²) < 4.78 is 7.22. The molecule has 1 aromatic heterocycles. The number of thioether (sulfide) groups is 1. The van der Waals surface area contributed by atoms with Gasteiger partial charge < -0.3 is 9.30 Å². The second-order valence-electron chi connectivity index (χ2n) is 7.24. The maximum absolute atomic E-state index is 12.6. The minimum absolute atomic E-state index is 0.243. The minimum atomic E-state index is -0.250. The molecule has 0 aliphatic carbocycles. The Labute approximate surface area is 170 Å². The van der Waals surface area contributed by atoms with Gasteiger partial charge >= 0.3 is 0 Å². The van der Waals surface area contributed by atoms with E-state index in [-0.39, 0.29) is 17.7 Å². The molecule has 1 aliphatic heterocycles. The lowest BCUT2D eigenvalue weighted by molar-refractivity contribution is -0.123. The van der Waals surface area contributed by atoms with Gasteiger partial charge in [-0.1, -0.05) is 17.7 Å². The fraction of sp³-hybridized carbons (Fsp3) is 0.364. The summed E-state index contributed by atoms with van der Waals surface area (Å²) in [4.78, 5) is 26.5. The maximum atomic E-state index is 12.6. The lowest BCUT2D eigenvalue weighted by Gasteiger charge is -2.17. The highest BCUT2D eigenvalue weighted by molar-refractivity contribution is 8.18. The molecule has 1 aliphatic rings.